The highest BCUT2D eigenvalue weighted by Crippen LogP contribution is 1.99. The molecule has 1 heteroatoms. The maximum absolute atomic E-state index is 3.91. The standard InChI is InChI=1S/C6H12S/c1-6(2)4-3-5-7/h3,5-7H,4H2,1-2H3. The van der Waals surface area contributed by atoms with Gasteiger partial charge in [0, 0.05) is 0 Å². The van der Waals surface area contributed by atoms with Crippen molar-refractivity contribution in [1.29, 1.82) is 0 Å². The predicted molar refractivity (Wildman–Crippen MR) is 37.6 cm³/mol. The minimum Gasteiger partial charge on any atom is -0.152 e. The van der Waals surface area contributed by atoms with Gasteiger partial charge < -0.3 is 0 Å². The zero-order chi connectivity index (χ0) is 5.70. The van der Waals surface area contributed by atoms with Gasteiger partial charge in [0.25, 0.3) is 0 Å². The molecule has 0 bridgehead atoms. The van der Waals surface area contributed by atoms with Crippen molar-refractivity contribution >= 4 is 12.6 Å². The Morgan fingerprint density at radius 1 is 1.57 bits per heavy atom. The number of rotatable bonds is 2. The second kappa shape index (κ2) is 4.25. The quantitative estimate of drug-likeness (QED) is 0.526. The molecule has 0 amide bonds. The van der Waals surface area contributed by atoms with Crippen molar-refractivity contribution in [3.8, 4) is 0 Å². The lowest BCUT2D eigenvalue weighted by Gasteiger charge is -1.93. The number of hydrogen-bond donors (Lipinski definition) is 1. The third kappa shape index (κ3) is 6.09. The Balaban J connectivity index is 2.97. The van der Waals surface area contributed by atoms with Crippen LogP contribution in [0.5, 0.6) is 0 Å². The first kappa shape index (κ1) is 7.09. The molecule has 0 fully saturated rings. The van der Waals surface area contributed by atoms with Crippen molar-refractivity contribution in [2.45, 2.75) is 20.3 Å². The zero-order valence-corrected chi connectivity index (χ0v) is 5.78. The van der Waals surface area contributed by atoms with Crippen LogP contribution in [0.15, 0.2) is 11.5 Å². The van der Waals surface area contributed by atoms with Crippen molar-refractivity contribution in [3.63, 3.8) is 0 Å². The van der Waals surface area contributed by atoms with Crippen molar-refractivity contribution in [1.82, 2.24) is 0 Å². The van der Waals surface area contributed by atoms with E-state index < -0.39 is 0 Å². The van der Waals surface area contributed by atoms with Crippen LogP contribution in [-0.4, -0.2) is 0 Å². The lowest BCUT2D eigenvalue weighted by molar-refractivity contribution is 0.664. The largest absolute Gasteiger partial charge is 0.152 e. The van der Waals surface area contributed by atoms with Crippen LogP contribution >= 0.6 is 12.6 Å². The Kier molecular flexibility index (Phi) is 4.31. The summed E-state index contributed by atoms with van der Waals surface area (Å²) in [5, 5.41) is 1.79. The predicted octanol–water partition coefficient (Wildman–Crippen LogP) is 2.48. The van der Waals surface area contributed by atoms with E-state index in [1.54, 1.807) is 5.41 Å². The molecule has 0 saturated heterocycles. The molecule has 0 aliphatic heterocycles. The van der Waals surface area contributed by atoms with Gasteiger partial charge in [-0.3, -0.25) is 0 Å². The van der Waals surface area contributed by atoms with Crippen LogP contribution in [0.3, 0.4) is 0 Å². The van der Waals surface area contributed by atoms with E-state index in [2.05, 4.69) is 32.6 Å². The molecule has 0 atom stereocenters. The lowest BCUT2D eigenvalue weighted by atomic mass is 10.1. The Bertz CT molecular complexity index is 55.2. The number of allylic oxidation sites excluding steroid dienone is 1. The van der Waals surface area contributed by atoms with Crippen molar-refractivity contribution < 1.29 is 0 Å². The normalized spacial score (nSPS) is 11.4. The van der Waals surface area contributed by atoms with Crippen molar-refractivity contribution in [3.05, 3.63) is 11.5 Å². The molecule has 7 heavy (non-hydrogen) atoms. The van der Waals surface area contributed by atoms with Gasteiger partial charge in [-0.1, -0.05) is 19.9 Å². The average molecular weight is 116 g/mol. The molecular weight excluding hydrogens is 104 g/mol. The van der Waals surface area contributed by atoms with Gasteiger partial charge in [0.05, 0.1) is 0 Å². The van der Waals surface area contributed by atoms with Crippen LogP contribution < -0.4 is 0 Å². The minimum atomic E-state index is 0.767. The second-order valence-corrected chi connectivity index (χ2v) is 2.31. The molecule has 0 aromatic carbocycles. The van der Waals surface area contributed by atoms with E-state index in [9.17, 15) is 0 Å². The topological polar surface area (TPSA) is 0 Å². The van der Waals surface area contributed by atoms with Gasteiger partial charge >= 0.3 is 0 Å². The van der Waals surface area contributed by atoms with Crippen LogP contribution in [0.2, 0.25) is 0 Å². The van der Waals surface area contributed by atoms with E-state index in [-0.39, 0.29) is 0 Å². The first-order valence-corrected chi connectivity index (χ1v) is 3.08. The number of hydrogen-bond acceptors (Lipinski definition) is 1. The fourth-order valence-corrected chi connectivity index (χ4v) is 0.455. The summed E-state index contributed by atoms with van der Waals surface area (Å²) in [7, 11) is 0. The summed E-state index contributed by atoms with van der Waals surface area (Å²) < 4.78 is 0. The van der Waals surface area contributed by atoms with E-state index in [0.717, 1.165) is 12.3 Å². The van der Waals surface area contributed by atoms with Gasteiger partial charge in [-0.25, -0.2) is 0 Å². The van der Waals surface area contributed by atoms with Gasteiger partial charge in [0.1, 0.15) is 0 Å². The van der Waals surface area contributed by atoms with Crippen LogP contribution in [0.4, 0.5) is 0 Å². The summed E-state index contributed by atoms with van der Waals surface area (Å²) >= 11 is 3.91. The van der Waals surface area contributed by atoms with E-state index in [1.807, 2.05) is 0 Å². The molecule has 0 aromatic rings. The van der Waals surface area contributed by atoms with Gasteiger partial charge in [0.2, 0.25) is 0 Å². The summed E-state index contributed by atoms with van der Waals surface area (Å²) in [6.45, 7) is 4.38. The molecule has 0 radical (unpaired) electrons. The Labute approximate surface area is 51.0 Å². The van der Waals surface area contributed by atoms with Crippen LogP contribution in [-0.2, 0) is 0 Å². The van der Waals surface area contributed by atoms with Crippen LogP contribution in [0.25, 0.3) is 0 Å². The Hall–Kier alpha value is 0.0900. The average Bonchev–Trinajstić information content (AvgIpc) is 1.61. The smallest absolute Gasteiger partial charge is 0.0319 e. The fourth-order valence-electron chi connectivity index (χ4n) is 0.333. The van der Waals surface area contributed by atoms with Crippen molar-refractivity contribution in [2.75, 3.05) is 0 Å². The van der Waals surface area contributed by atoms with Crippen LogP contribution in [0.1, 0.15) is 20.3 Å². The molecule has 0 aromatic heterocycles. The third-order valence-electron chi connectivity index (χ3n) is 0.713. The van der Waals surface area contributed by atoms with Gasteiger partial charge in [-0.15, -0.1) is 0 Å². The first-order valence-electron chi connectivity index (χ1n) is 2.56. The molecule has 42 valence electrons. The highest BCUT2D eigenvalue weighted by Gasteiger charge is 1.84. The van der Waals surface area contributed by atoms with Crippen molar-refractivity contribution in [2.24, 2.45) is 5.92 Å². The zero-order valence-electron chi connectivity index (χ0n) is 4.89. The molecule has 0 N–H and O–H groups in total. The molecule has 0 heterocycles. The minimum absolute atomic E-state index is 0.767. The summed E-state index contributed by atoms with van der Waals surface area (Å²) in [5.41, 5.74) is 0. The first-order chi connectivity index (χ1) is 3.27. The molecule has 0 aliphatic rings. The summed E-state index contributed by atoms with van der Waals surface area (Å²) in [6, 6.07) is 0. The molecule has 0 unspecified atom stereocenters. The van der Waals surface area contributed by atoms with Crippen LogP contribution in [0, 0.1) is 5.92 Å². The summed E-state index contributed by atoms with van der Waals surface area (Å²) in [4.78, 5) is 0. The summed E-state index contributed by atoms with van der Waals surface area (Å²) in [6.07, 6.45) is 3.21. The molecule has 0 saturated carbocycles. The van der Waals surface area contributed by atoms with E-state index in [0.29, 0.717) is 0 Å². The van der Waals surface area contributed by atoms with Gasteiger partial charge in [-0.2, -0.15) is 12.6 Å². The Morgan fingerprint density at radius 3 is 2.29 bits per heavy atom. The van der Waals surface area contributed by atoms with E-state index in [4.69, 9.17) is 0 Å². The maximum Gasteiger partial charge on any atom is -0.0319 e. The number of thiol groups is 1. The highest BCUT2D eigenvalue weighted by molar-refractivity contribution is 7.83. The lowest BCUT2D eigenvalue weighted by Crippen LogP contribution is -1.79. The van der Waals surface area contributed by atoms with E-state index in [1.165, 1.54) is 0 Å². The molecule has 0 aliphatic carbocycles. The summed E-state index contributed by atoms with van der Waals surface area (Å²) in [5.74, 6) is 0.767. The fraction of sp³-hybridized carbons (Fsp3) is 0.667. The third-order valence-corrected chi connectivity index (χ3v) is 0.924. The second-order valence-electron chi connectivity index (χ2n) is 2.01. The maximum atomic E-state index is 3.91. The monoisotopic (exact) mass is 116 g/mol. The van der Waals surface area contributed by atoms with E-state index >= 15 is 0 Å². The molecular formula is C6H12S. The highest BCUT2D eigenvalue weighted by atomic mass is 32.1. The molecule has 0 rings (SSSR count). The molecule has 0 nitrogen and oxygen atoms in total. The van der Waals surface area contributed by atoms with Gasteiger partial charge in [0.15, 0.2) is 0 Å². The molecule has 0 spiro atoms. The van der Waals surface area contributed by atoms with Gasteiger partial charge in [-0.05, 0) is 17.7 Å². The SMILES string of the molecule is CC(C)CC=CS. The Morgan fingerprint density at radius 2 is 2.14 bits per heavy atom.